The van der Waals surface area contributed by atoms with E-state index >= 15 is 0 Å². The minimum atomic E-state index is 0.346. The normalized spacial score (nSPS) is 19.2. The van der Waals surface area contributed by atoms with Gasteiger partial charge in [-0.15, -0.1) is 11.3 Å². The minimum Gasteiger partial charge on any atom is -0.380 e. The number of nitrogens with one attached hydrogen (secondary N) is 1. The number of thiazole rings is 1. The summed E-state index contributed by atoms with van der Waals surface area (Å²) in [6.45, 7) is 5.19. The lowest BCUT2D eigenvalue weighted by molar-refractivity contribution is 0.0515. The third-order valence-corrected chi connectivity index (χ3v) is 4.27. The fourth-order valence-corrected chi connectivity index (χ4v) is 3.19. The van der Waals surface area contributed by atoms with Crippen molar-refractivity contribution in [2.45, 2.75) is 45.3 Å². The van der Waals surface area contributed by atoms with Crippen molar-refractivity contribution in [2.24, 2.45) is 5.92 Å². The van der Waals surface area contributed by atoms with Crippen LogP contribution in [0.25, 0.3) is 0 Å². The Morgan fingerprint density at radius 1 is 1.59 bits per heavy atom. The number of aromatic nitrogens is 1. The molecular weight excluding hydrogens is 232 g/mol. The Kier molecular flexibility index (Phi) is 4.54. The zero-order valence-corrected chi connectivity index (χ0v) is 11.7. The van der Waals surface area contributed by atoms with Crippen molar-refractivity contribution in [3.63, 3.8) is 0 Å². The van der Waals surface area contributed by atoms with Gasteiger partial charge in [-0.3, -0.25) is 0 Å². The predicted molar refractivity (Wildman–Crippen MR) is 71.5 cm³/mol. The zero-order valence-electron chi connectivity index (χ0n) is 10.9. The molecule has 1 aromatic heterocycles. The van der Waals surface area contributed by atoms with E-state index in [0.717, 1.165) is 24.6 Å². The number of hydrogen-bond acceptors (Lipinski definition) is 4. The molecule has 0 amide bonds. The second-order valence-electron chi connectivity index (χ2n) is 4.79. The first-order valence-electron chi connectivity index (χ1n) is 6.41. The third-order valence-electron chi connectivity index (χ3n) is 3.28. The van der Waals surface area contributed by atoms with Gasteiger partial charge in [-0.05, 0) is 32.2 Å². The maximum atomic E-state index is 5.68. The molecule has 3 nitrogen and oxygen atoms in total. The van der Waals surface area contributed by atoms with E-state index in [4.69, 9.17) is 4.74 Å². The molecule has 0 aromatic carbocycles. The third kappa shape index (κ3) is 3.50. The van der Waals surface area contributed by atoms with E-state index < -0.39 is 0 Å². The highest BCUT2D eigenvalue weighted by Crippen LogP contribution is 2.36. The Balaban J connectivity index is 2.00. The fourth-order valence-electron chi connectivity index (χ4n) is 2.36. The zero-order chi connectivity index (χ0) is 12.3. The second-order valence-corrected chi connectivity index (χ2v) is 5.73. The van der Waals surface area contributed by atoms with Crippen LogP contribution in [0.5, 0.6) is 0 Å². The van der Waals surface area contributed by atoms with Crippen LogP contribution in [0.4, 0.5) is 0 Å². The van der Waals surface area contributed by atoms with E-state index in [0.29, 0.717) is 12.1 Å². The number of rotatable bonds is 7. The van der Waals surface area contributed by atoms with Crippen LogP contribution in [0.1, 0.15) is 30.5 Å². The van der Waals surface area contributed by atoms with Crippen LogP contribution in [0, 0.1) is 12.8 Å². The Morgan fingerprint density at radius 3 is 2.82 bits per heavy atom. The molecule has 1 aliphatic rings. The lowest BCUT2D eigenvalue weighted by atomic mass is 10.0. The van der Waals surface area contributed by atoms with Gasteiger partial charge >= 0.3 is 0 Å². The van der Waals surface area contributed by atoms with Crippen molar-refractivity contribution >= 4 is 11.3 Å². The molecule has 17 heavy (non-hydrogen) atoms. The summed E-state index contributed by atoms with van der Waals surface area (Å²) in [7, 11) is 1.83. The largest absolute Gasteiger partial charge is 0.380 e. The first-order chi connectivity index (χ1) is 8.24. The molecule has 1 saturated carbocycles. The molecule has 0 aliphatic heterocycles. The van der Waals surface area contributed by atoms with Gasteiger partial charge in [-0.25, -0.2) is 4.98 Å². The molecule has 1 heterocycles. The predicted octanol–water partition coefficient (Wildman–Crippen LogP) is 2.40. The molecule has 0 spiro atoms. The first kappa shape index (κ1) is 13.0. The Hall–Kier alpha value is -0.450. The van der Waals surface area contributed by atoms with Gasteiger partial charge in [0.25, 0.3) is 0 Å². The summed E-state index contributed by atoms with van der Waals surface area (Å²) in [6.07, 6.45) is 3.97. The summed E-state index contributed by atoms with van der Waals surface area (Å²) in [5.74, 6) is 0.755. The van der Waals surface area contributed by atoms with E-state index in [1.807, 2.05) is 7.11 Å². The van der Waals surface area contributed by atoms with Gasteiger partial charge in [0.2, 0.25) is 0 Å². The SMILES string of the molecule is CCNC(Cc1nc(C)cs1)C(OC)C1CC1. The summed E-state index contributed by atoms with van der Waals surface area (Å²) in [4.78, 5) is 4.55. The van der Waals surface area contributed by atoms with Gasteiger partial charge in [0.1, 0.15) is 0 Å². The van der Waals surface area contributed by atoms with E-state index in [2.05, 4.69) is 29.5 Å². The molecule has 1 aliphatic carbocycles. The summed E-state index contributed by atoms with van der Waals surface area (Å²) in [6, 6.07) is 0.406. The van der Waals surface area contributed by atoms with Crippen LogP contribution < -0.4 is 5.32 Å². The Morgan fingerprint density at radius 2 is 2.35 bits per heavy atom. The number of nitrogens with zero attached hydrogens (tertiary/aromatic N) is 1. The number of methoxy groups -OCH3 is 1. The molecule has 2 rings (SSSR count). The van der Waals surface area contributed by atoms with Crippen LogP contribution in [-0.4, -0.2) is 30.8 Å². The maximum Gasteiger partial charge on any atom is 0.0944 e. The summed E-state index contributed by atoms with van der Waals surface area (Å²) >= 11 is 1.76. The summed E-state index contributed by atoms with van der Waals surface area (Å²) in [5, 5.41) is 6.90. The van der Waals surface area contributed by atoms with E-state index in [1.165, 1.54) is 17.8 Å². The molecule has 1 fully saturated rings. The molecule has 1 aromatic rings. The van der Waals surface area contributed by atoms with Crippen LogP contribution in [0.2, 0.25) is 0 Å². The van der Waals surface area contributed by atoms with Crippen molar-refractivity contribution in [1.82, 2.24) is 10.3 Å². The standard InChI is InChI=1S/C13H22N2OS/c1-4-14-11(13(16-3)10-5-6-10)7-12-15-9(2)8-17-12/h8,10-11,13-14H,4-7H2,1-3H3. The van der Waals surface area contributed by atoms with Gasteiger partial charge < -0.3 is 10.1 Å². The highest BCUT2D eigenvalue weighted by atomic mass is 32.1. The molecule has 2 atom stereocenters. The van der Waals surface area contributed by atoms with Gasteiger partial charge in [0.05, 0.1) is 11.1 Å². The number of ether oxygens (including phenoxy) is 1. The molecular formula is C13H22N2OS. The van der Waals surface area contributed by atoms with Gasteiger partial charge in [-0.1, -0.05) is 6.92 Å². The lowest BCUT2D eigenvalue weighted by Crippen LogP contribution is -2.43. The van der Waals surface area contributed by atoms with Gasteiger partial charge in [-0.2, -0.15) is 0 Å². The van der Waals surface area contributed by atoms with Crippen LogP contribution >= 0.6 is 11.3 Å². The second kappa shape index (κ2) is 5.94. The minimum absolute atomic E-state index is 0.346. The van der Waals surface area contributed by atoms with Crippen molar-refractivity contribution < 1.29 is 4.74 Å². The molecule has 0 bridgehead atoms. The molecule has 0 radical (unpaired) electrons. The van der Waals surface area contributed by atoms with Crippen molar-refractivity contribution in [3.05, 3.63) is 16.1 Å². The average Bonchev–Trinajstić information content (AvgIpc) is 3.04. The Labute approximate surface area is 108 Å². The van der Waals surface area contributed by atoms with E-state index in [1.54, 1.807) is 11.3 Å². The highest BCUT2D eigenvalue weighted by Gasteiger charge is 2.36. The summed E-state index contributed by atoms with van der Waals surface area (Å²) in [5.41, 5.74) is 1.13. The van der Waals surface area contributed by atoms with Crippen molar-refractivity contribution in [3.8, 4) is 0 Å². The number of aryl methyl sites for hydroxylation is 1. The van der Waals surface area contributed by atoms with Gasteiger partial charge in [0.15, 0.2) is 0 Å². The van der Waals surface area contributed by atoms with E-state index in [-0.39, 0.29) is 0 Å². The molecule has 1 N–H and O–H groups in total. The van der Waals surface area contributed by atoms with Crippen molar-refractivity contribution in [1.29, 1.82) is 0 Å². The molecule has 0 saturated heterocycles. The van der Waals surface area contributed by atoms with Crippen molar-refractivity contribution in [2.75, 3.05) is 13.7 Å². The molecule has 2 unspecified atom stereocenters. The molecule has 96 valence electrons. The Bertz CT molecular complexity index is 349. The summed E-state index contributed by atoms with van der Waals surface area (Å²) < 4.78 is 5.68. The fraction of sp³-hybridized carbons (Fsp3) is 0.769. The topological polar surface area (TPSA) is 34.2 Å². The lowest BCUT2D eigenvalue weighted by Gasteiger charge is -2.26. The van der Waals surface area contributed by atoms with Crippen LogP contribution in [-0.2, 0) is 11.2 Å². The highest BCUT2D eigenvalue weighted by molar-refractivity contribution is 7.09. The van der Waals surface area contributed by atoms with Crippen LogP contribution in [0.15, 0.2) is 5.38 Å². The maximum absolute atomic E-state index is 5.68. The monoisotopic (exact) mass is 254 g/mol. The molecule has 4 heteroatoms. The van der Waals surface area contributed by atoms with Crippen LogP contribution in [0.3, 0.4) is 0 Å². The van der Waals surface area contributed by atoms with Gasteiger partial charge in [0, 0.05) is 30.6 Å². The average molecular weight is 254 g/mol. The number of hydrogen-bond donors (Lipinski definition) is 1. The smallest absolute Gasteiger partial charge is 0.0944 e. The quantitative estimate of drug-likeness (QED) is 0.811. The first-order valence-corrected chi connectivity index (χ1v) is 7.29. The van der Waals surface area contributed by atoms with E-state index in [9.17, 15) is 0 Å². The number of likely N-dealkylation sites (N-methyl/N-ethyl adjacent to an activating group) is 1.